The molecule has 0 saturated heterocycles. The first-order chi connectivity index (χ1) is 8.01. The van der Waals surface area contributed by atoms with Crippen LogP contribution < -0.4 is 5.32 Å². The Kier molecular flexibility index (Phi) is 5.58. The molecule has 0 spiro atoms. The van der Waals surface area contributed by atoms with E-state index in [9.17, 15) is 0 Å². The van der Waals surface area contributed by atoms with Gasteiger partial charge in [0.05, 0.1) is 18.8 Å². The molecule has 0 fully saturated rings. The molecule has 5 nitrogen and oxygen atoms in total. The van der Waals surface area contributed by atoms with Crippen molar-refractivity contribution in [3.05, 3.63) is 11.9 Å². The van der Waals surface area contributed by atoms with Crippen LogP contribution in [0.1, 0.15) is 32.9 Å². The lowest BCUT2D eigenvalue weighted by atomic mass is 9.93. The summed E-state index contributed by atoms with van der Waals surface area (Å²) in [5.74, 6) is 0. The zero-order valence-electron chi connectivity index (χ0n) is 11.4. The molecule has 0 aliphatic rings. The van der Waals surface area contributed by atoms with Crippen molar-refractivity contribution < 1.29 is 4.74 Å². The average Bonchev–Trinajstić information content (AvgIpc) is 2.64. The third-order valence-electron chi connectivity index (χ3n) is 2.41. The third-order valence-corrected chi connectivity index (χ3v) is 2.41. The molecule has 0 aromatic carbocycles. The Hall–Kier alpha value is -0.940. The fourth-order valence-electron chi connectivity index (χ4n) is 1.35. The molecule has 0 atom stereocenters. The molecule has 5 heteroatoms. The van der Waals surface area contributed by atoms with Gasteiger partial charge in [-0.3, -0.25) is 0 Å². The Morgan fingerprint density at radius 3 is 2.76 bits per heavy atom. The SMILES string of the molecule is CNCc1cn(CCOCCC(C)(C)C)nn1. The second-order valence-corrected chi connectivity index (χ2v) is 5.43. The van der Waals surface area contributed by atoms with Crippen LogP contribution in [0.4, 0.5) is 0 Å². The zero-order valence-corrected chi connectivity index (χ0v) is 11.4. The quantitative estimate of drug-likeness (QED) is 0.733. The Morgan fingerprint density at radius 2 is 2.12 bits per heavy atom. The van der Waals surface area contributed by atoms with Crippen LogP contribution in [0.5, 0.6) is 0 Å². The van der Waals surface area contributed by atoms with E-state index < -0.39 is 0 Å². The summed E-state index contributed by atoms with van der Waals surface area (Å²) >= 11 is 0. The minimum absolute atomic E-state index is 0.340. The van der Waals surface area contributed by atoms with Gasteiger partial charge in [0.15, 0.2) is 0 Å². The number of rotatable bonds is 7. The van der Waals surface area contributed by atoms with Crippen LogP contribution in [0.2, 0.25) is 0 Å². The lowest BCUT2D eigenvalue weighted by molar-refractivity contribution is 0.0996. The van der Waals surface area contributed by atoms with Gasteiger partial charge in [0, 0.05) is 19.3 Å². The standard InChI is InChI=1S/C12H24N4O/c1-12(2,3)5-7-17-8-6-16-10-11(9-13-4)14-15-16/h10,13H,5-9H2,1-4H3. The highest BCUT2D eigenvalue weighted by atomic mass is 16.5. The van der Waals surface area contributed by atoms with Gasteiger partial charge in [-0.1, -0.05) is 26.0 Å². The van der Waals surface area contributed by atoms with Gasteiger partial charge in [0.2, 0.25) is 0 Å². The van der Waals surface area contributed by atoms with Crippen molar-refractivity contribution in [3.63, 3.8) is 0 Å². The number of aromatic nitrogens is 3. The number of hydrogen-bond acceptors (Lipinski definition) is 4. The van der Waals surface area contributed by atoms with Crippen molar-refractivity contribution in [1.82, 2.24) is 20.3 Å². The first-order valence-corrected chi connectivity index (χ1v) is 6.12. The minimum Gasteiger partial charge on any atom is -0.380 e. The predicted octanol–water partition coefficient (Wildman–Crippen LogP) is 1.45. The van der Waals surface area contributed by atoms with E-state index >= 15 is 0 Å². The van der Waals surface area contributed by atoms with E-state index in [0.29, 0.717) is 12.0 Å². The van der Waals surface area contributed by atoms with Gasteiger partial charge in [-0.25, -0.2) is 4.68 Å². The molecule has 1 heterocycles. The molecule has 0 radical (unpaired) electrons. The molecule has 0 unspecified atom stereocenters. The van der Waals surface area contributed by atoms with E-state index in [1.54, 1.807) is 0 Å². The van der Waals surface area contributed by atoms with Crippen molar-refractivity contribution in [2.45, 2.75) is 40.3 Å². The maximum Gasteiger partial charge on any atom is 0.0964 e. The largest absolute Gasteiger partial charge is 0.380 e. The summed E-state index contributed by atoms with van der Waals surface area (Å²) in [7, 11) is 1.90. The first-order valence-electron chi connectivity index (χ1n) is 6.12. The van der Waals surface area contributed by atoms with Crippen molar-refractivity contribution in [2.24, 2.45) is 5.41 Å². The van der Waals surface area contributed by atoms with Crippen LogP contribution in [-0.2, 0) is 17.8 Å². The van der Waals surface area contributed by atoms with Crippen LogP contribution in [-0.4, -0.2) is 35.3 Å². The Balaban J connectivity index is 2.13. The lowest BCUT2D eigenvalue weighted by Crippen LogP contribution is -2.12. The molecule has 17 heavy (non-hydrogen) atoms. The summed E-state index contributed by atoms with van der Waals surface area (Å²) < 4.78 is 7.40. The van der Waals surface area contributed by atoms with E-state index in [1.165, 1.54) is 0 Å². The van der Waals surface area contributed by atoms with Gasteiger partial charge < -0.3 is 10.1 Å². The number of nitrogens with zero attached hydrogens (tertiary/aromatic N) is 3. The van der Waals surface area contributed by atoms with Crippen molar-refractivity contribution >= 4 is 0 Å². The Labute approximate surface area is 104 Å². The molecule has 98 valence electrons. The lowest BCUT2D eigenvalue weighted by Gasteiger charge is -2.17. The molecule has 1 N–H and O–H groups in total. The monoisotopic (exact) mass is 240 g/mol. The average molecular weight is 240 g/mol. The smallest absolute Gasteiger partial charge is 0.0964 e. The molecule has 0 aliphatic carbocycles. The molecule has 1 aromatic heterocycles. The summed E-state index contributed by atoms with van der Waals surface area (Å²) in [6, 6.07) is 0. The molecule has 0 saturated carbocycles. The highest BCUT2D eigenvalue weighted by Gasteiger charge is 2.09. The van der Waals surface area contributed by atoms with Crippen LogP contribution >= 0.6 is 0 Å². The maximum atomic E-state index is 5.58. The highest BCUT2D eigenvalue weighted by molar-refractivity contribution is 4.90. The number of hydrogen-bond donors (Lipinski definition) is 1. The van der Waals surface area contributed by atoms with Crippen molar-refractivity contribution in [2.75, 3.05) is 20.3 Å². The summed E-state index contributed by atoms with van der Waals surface area (Å²) in [6.07, 6.45) is 3.03. The minimum atomic E-state index is 0.340. The normalized spacial score (nSPS) is 12.0. The fourth-order valence-corrected chi connectivity index (χ4v) is 1.35. The van der Waals surface area contributed by atoms with Crippen LogP contribution in [0.15, 0.2) is 6.20 Å². The van der Waals surface area contributed by atoms with Crippen LogP contribution in [0, 0.1) is 5.41 Å². The fraction of sp³-hybridized carbons (Fsp3) is 0.833. The summed E-state index contributed by atoms with van der Waals surface area (Å²) in [5, 5.41) is 11.1. The molecule has 1 aromatic rings. The van der Waals surface area contributed by atoms with E-state index in [1.807, 2.05) is 17.9 Å². The maximum absolute atomic E-state index is 5.58. The van der Waals surface area contributed by atoms with Gasteiger partial charge in [-0.05, 0) is 18.9 Å². The number of nitrogens with one attached hydrogen (secondary N) is 1. The second-order valence-electron chi connectivity index (χ2n) is 5.43. The molecule has 0 aliphatic heterocycles. The van der Waals surface area contributed by atoms with Crippen molar-refractivity contribution in [3.8, 4) is 0 Å². The van der Waals surface area contributed by atoms with E-state index in [-0.39, 0.29) is 0 Å². The van der Waals surface area contributed by atoms with Gasteiger partial charge in [0.1, 0.15) is 0 Å². The van der Waals surface area contributed by atoms with Crippen LogP contribution in [0.3, 0.4) is 0 Å². The van der Waals surface area contributed by atoms with E-state index in [0.717, 1.165) is 31.8 Å². The Morgan fingerprint density at radius 1 is 1.35 bits per heavy atom. The second kappa shape index (κ2) is 6.71. The van der Waals surface area contributed by atoms with E-state index in [4.69, 9.17) is 4.74 Å². The molecule has 1 rings (SSSR count). The predicted molar refractivity (Wildman–Crippen MR) is 67.7 cm³/mol. The third kappa shape index (κ3) is 6.38. The van der Waals surface area contributed by atoms with Gasteiger partial charge >= 0.3 is 0 Å². The van der Waals surface area contributed by atoms with Gasteiger partial charge in [0.25, 0.3) is 0 Å². The van der Waals surface area contributed by atoms with Gasteiger partial charge in [-0.15, -0.1) is 5.10 Å². The summed E-state index contributed by atoms with van der Waals surface area (Å²) in [4.78, 5) is 0. The van der Waals surface area contributed by atoms with E-state index in [2.05, 4.69) is 36.4 Å². The topological polar surface area (TPSA) is 52.0 Å². The zero-order chi connectivity index (χ0) is 12.7. The number of ether oxygens (including phenoxy) is 1. The molecule has 0 bridgehead atoms. The first kappa shape index (κ1) is 14.1. The van der Waals surface area contributed by atoms with Gasteiger partial charge in [-0.2, -0.15) is 0 Å². The summed E-state index contributed by atoms with van der Waals surface area (Å²) in [5.41, 5.74) is 1.30. The molecule has 0 amide bonds. The summed E-state index contributed by atoms with van der Waals surface area (Å²) in [6.45, 7) is 9.68. The van der Waals surface area contributed by atoms with Crippen molar-refractivity contribution in [1.29, 1.82) is 0 Å². The van der Waals surface area contributed by atoms with Crippen LogP contribution in [0.25, 0.3) is 0 Å². The highest BCUT2D eigenvalue weighted by Crippen LogP contribution is 2.17. The molecular weight excluding hydrogens is 216 g/mol. The Bertz CT molecular complexity index is 317. The molecular formula is C12H24N4O.